The van der Waals surface area contributed by atoms with Gasteiger partial charge >= 0.3 is 5.97 Å². The van der Waals surface area contributed by atoms with E-state index >= 15 is 0 Å². The van der Waals surface area contributed by atoms with Crippen LogP contribution in [-0.2, 0) is 14.3 Å². The molecule has 1 saturated heterocycles. The molecular formula is C13H22O4. The molecule has 1 fully saturated rings. The lowest BCUT2D eigenvalue weighted by Crippen LogP contribution is -2.28. The van der Waals surface area contributed by atoms with Crippen molar-refractivity contribution in [3.63, 3.8) is 0 Å². The lowest BCUT2D eigenvalue weighted by molar-refractivity contribution is -0.163. The second kappa shape index (κ2) is 5.65. The van der Waals surface area contributed by atoms with E-state index in [1.807, 2.05) is 6.92 Å². The van der Waals surface area contributed by atoms with E-state index in [4.69, 9.17) is 14.6 Å². The van der Waals surface area contributed by atoms with Gasteiger partial charge < -0.3 is 14.6 Å². The molecule has 1 N–H and O–H groups in total. The molecular weight excluding hydrogens is 220 g/mol. The number of rotatable bonds is 5. The molecule has 0 saturated carbocycles. The van der Waals surface area contributed by atoms with Gasteiger partial charge in [-0.25, -0.2) is 4.79 Å². The van der Waals surface area contributed by atoms with E-state index in [0.29, 0.717) is 24.5 Å². The Morgan fingerprint density at radius 2 is 2.24 bits per heavy atom. The Hall–Kier alpha value is -0.870. The minimum absolute atomic E-state index is 0.0342. The molecule has 0 aromatic heterocycles. The summed E-state index contributed by atoms with van der Waals surface area (Å²) < 4.78 is 11.5. The summed E-state index contributed by atoms with van der Waals surface area (Å²) in [6, 6.07) is 0. The molecule has 0 amide bonds. The van der Waals surface area contributed by atoms with Crippen LogP contribution in [0.25, 0.3) is 0 Å². The van der Waals surface area contributed by atoms with Crippen LogP contribution in [0.5, 0.6) is 0 Å². The predicted octanol–water partition coefficient (Wildman–Crippen LogP) is 2.59. The molecule has 0 aromatic carbocycles. The van der Waals surface area contributed by atoms with E-state index in [9.17, 15) is 4.79 Å². The van der Waals surface area contributed by atoms with Crippen LogP contribution < -0.4 is 0 Å². The first-order valence-electron chi connectivity index (χ1n) is 6.04. The van der Waals surface area contributed by atoms with Crippen molar-refractivity contribution < 1.29 is 19.4 Å². The lowest BCUT2D eigenvalue weighted by atomic mass is 10.0. The molecule has 1 aliphatic heterocycles. The zero-order valence-electron chi connectivity index (χ0n) is 11.0. The largest absolute Gasteiger partial charge is 0.478 e. The summed E-state index contributed by atoms with van der Waals surface area (Å²) in [5.41, 5.74) is 0.353. The Labute approximate surface area is 103 Å². The van der Waals surface area contributed by atoms with Gasteiger partial charge in [0, 0.05) is 12.0 Å². The van der Waals surface area contributed by atoms with Crippen molar-refractivity contribution >= 4 is 5.97 Å². The SMILES string of the molecule is CC(=CCC1COC(C)(CC(C)C)O1)C(=O)O. The number of carbonyl (C=O) groups is 1. The molecule has 0 aromatic rings. The molecule has 0 bridgehead atoms. The van der Waals surface area contributed by atoms with Crippen LogP contribution >= 0.6 is 0 Å². The van der Waals surface area contributed by atoms with Gasteiger partial charge in [0.2, 0.25) is 0 Å². The van der Waals surface area contributed by atoms with E-state index < -0.39 is 11.8 Å². The van der Waals surface area contributed by atoms with Gasteiger partial charge in [-0.2, -0.15) is 0 Å². The smallest absolute Gasteiger partial charge is 0.330 e. The van der Waals surface area contributed by atoms with Crippen LogP contribution in [0.15, 0.2) is 11.6 Å². The van der Waals surface area contributed by atoms with Gasteiger partial charge in [-0.3, -0.25) is 0 Å². The van der Waals surface area contributed by atoms with E-state index in [-0.39, 0.29) is 6.10 Å². The van der Waals surface area contributed by atoms with Crippen LogP contribution in [-0.4, -0.2) is 29.6 Å². The molecule has 0 spiro atoms. The number of carboxylic acids is 1. The summed E-state index contributed by atoms with van der Waals surface area (Å²) >= 11 is 0. The van der Waals surface area contributed by atoms with Gasteiger partial charge in [0.15, 0.2) is 5.79 Å². The fourth-order valence-corrected chi connectivity index (χ4v) is 2.05. The summed E-state index contributed by atoms with van der Waals surface area (Å²) in [7, 11) is 0. The Bertz CT molecular complexity index is 309. The number of hydrogen-bond donors (Lipinski definition) is 1. The van der Waals surface area contributed by atoms with Gasteiger partial charge in [0.05, 0.1) is 12.7 Å². The highest BCUT2D eigenvalue weighted by molar-refractivity contribution is 5.85. The first kappa shape index (κ1) is 14.2. The second-order valence-electron chi connectivity index (χ2n) is 5.21. The zero-order chi connectivity index (χ0) is 13.1. The highest BCUT2D eigenvalue weighted by atomic mass is 16.7. The Kier molecular flexibility index (Phi) is 4.71. The van der Waals surface area contributed by atoms with Crippen molar-refractivity contribution in [2.75, 3.05) is 6.61 Å². The van der Waals surface area contributed by atoms with E-state index in [1.165, 1.54) is 0 Å². The number of aliphatic carboxylic acids is 1. The van der Waals surface area contributed by atoms with Crippen molar-refractivity contribution in [1.29, 1.82) is 0 Å². The third-order valence-electron chi connectivity index (χ3n) is 2.79. The zero-order valence-corrected chi connectivity index (χ0v) is 11.0. The normalized spacial score (nSPS) is 29.9. The first-order valence-corrected chi connectivity index (χ1v) is 6.04. The van der Waals surface area contributed by atoms with Gasteiger partial charge in [0.1, 0.15) is 0 Å². The van der Waals surface area contributed by atoms with E-state index in [2.05, 4.69) is 13.8 Å². The molecule has 0 aliphatic carbocycles. The van der Waals surface area contributed by atoms with Crippen LogP contribution in [0, 0.1) is 5.92 Å². The monoisotopic (exact) mass is 242 g/mol. The second-order valence-corrected chi connectivity index (χ2v) is 5.21. The highest BCUT2D eigenvalue weighted by Gasteiger charge is 2.37. The van der Waals surface area contributed by atoms with Crippen LogP contribution in [0.2, 0.25) is 0 Å². The van der Waals surface area contributed by atoms with Crippen LogP contribution in [0.4, 0.5) is 0 Å². The minimum Gasteiger partial charge on any atom is -0.478 e. The maximum absolute atomic E-state index is 10.6. The molecule has 98 valence electrons. The van der Waals surface area contributed by atoms with Crippen LogP contribution in [0.1, 0.15) is 40.5 Å². The third-order valence-corrected chi connectivity index (χ3v) is 2.79. The quantitative estimate of drug-likeness (QED) is 0.753. The van der Waals surface area contributed by atoms with E-state index in [0.717, 1.165) is 6.42 Å². The standard InChI is InChI=1S/C13H22O4/c1-9(2)7-13(4)16-8-11(17-13)6-5-10(3)12(14)15/h5,9,11H,6-8H2,1-4H3,(H,14,15). The number of carboxylic acid groups (broad SMARTS) is 1. The first-order chi connectivity index (χ1) is 7.82. The molecule has 0 radical (unpaired) electrons. The highest BCUT2D eigenvalue weighted by Crippen LogP contribution is 2.31. The van der Waals surface area contributed by atoms with Gasteiger partial charge in [0.25, 0.3) is 0 Å². The fraction of sp³-hybridized carbons (Fsp3) is 0.769. The fourth-order valence-electron chi connectivity index (χ4n) is 2.05. The molecule has 17 heavy (non-hydrogen) atoms. The summed E-state index contributed by atoms with van der Waals surface area (Å²) in [6.45, 7) is 8.32. The van der Waals surface area contributed by atoms with E-state index in [1.54, 1.807) is 13.0 Å². The van der Waals surface area contributed by atoms with Crippen molar-refractivity contribution in [3.8, 4) is 0 Å². The maximum atomic E-state index is 10.6. The summed E-state index contributed by atoms with van der Waals surface area (Å²) in [5, 5.41) is 8.74. The van der Waals surface area contributed by atoms with Gasteiger partial charge in [-0.1, -0.05) is 19.9 Å². The molecule has 4 heteroatoms. The minimum atomic E-state index is -0.881. The van der Waals surface area contributed by atoms with Gasteiger partial charge in [-0.05, 0) is 26.2 Å². The summed E-state index contributed by atoms with van der Waals surface area (Å²) in [4.78, 5) is 10.6. The van der Waals surface area contributed by atoms with Crippen LogP contribution in [0.3, 0.4) is 0 Å². The summed E-state index contributed by atoms with van der Waals surface area (Å²) in [6.07, 6.45) is 3.10. The molecule has 1 rings (SSSR count). The number of hydrogen-bond acceptors (Lipinski definition) is 3. The Morgan fingerprint density at radius 3 is 2.76 bits per heavy atom. The lowest BCUT2D eigenvalue weighted by Gasteiger charge is -2.25. The maximum Gasteiger partial charge on any atom is 0.330 e. The average Bonchev–Trinajstić information content (AvgIpc) is 2.55. The Morgan fingerprint density at radius 1 is 1.59 bits per heavy atom. The average molecular weight is 242 g/mol. The topological polar surface area (TPSA) is 55.8 Å². The van der Waals surface area contributed by atoms with Gasteiger partial charge in [-0.15, -0.1) is 0 Å². The molecule has 2 atom stereocenters. The summed E-state index contributed by atoms with van der Waals surface area (Å²) in [5.74, 6) is -0.882. The molecule has 1 aliphatic rings. The molecule has 2 unspecified atom stereocenters. The third kappa shape index (κ3) is 4.48. The Balaban J connectivity index is 2.45. The van der Waals surface area contributed by atoms with Crippen molar-refractivity contribution in [2.24, 2.45) is 5.92 Å². The number of ether oxygens (including phenoxy) is 2. The molecule has 4 nitrogen and oxygen atoms in total. The van der Waals surface area contributed by atoms with Crippen molar-refractivity contribution in [2.45, 2.75) is 52.4 Å². The predicted molar refractivity (Wildman–Crippen MR) is 64.7 cm³/mol. The van der Waals surface area contributed by atoms with Crippen molar-refractivity contribution in [1.82, 2.24) is 0 Å². The van der Waals surface area contributed by atoms with Crippen molar-refractivity contribution in [3.05, 3.63) is 11.6 Å². The molecule has 1 heterocycles.